The number of rotatable bonds is 5. The molecule has 4 rings (SSSR count). The Kier molecular flexibility index (Phi) is 4.81. The van der Waals surface area contributed by atoms with Gasteiger partial charge in [-0.25, -0.2) is 0 Å². The maximum absolute atomic E-state index is 9.32. The van der Waals surface area contributed by atoms with Crippen molar-refractivity contribution < 1.29 is 9.63 Å². The monoisotopic (exact) mass is 353 g/mol. The minimum absolute atomic E-state index is 0.0831. The Morgan fingerprint density at radius 2 is 2.08 bits per heavy atom. The van der Waals surface area contributed by atoms with Gasteiger partial charge >= 0.3 is 0 Å². The molecule has 3 aromatic rings. The Labute approximate surface area is 152 Å². The molecule has 7 heteroatoms. The zero-order chi connectivity index (χ0) is 17.9. The molecule has 1 N–H and O–H groups in total. The maximum atomic E-state index is 9.32. The molecule has 1 aliphatic heterocycles. The Bertz CT molecular complexity index is 858. The van der Waals surface area contributed by atoms with Crippen molar-refractivity contribution in [1.82, 2.24) is 24.8 Å². The van der Waals surface area contributed by atoms with E-state index in [1.54, 1.807) is 0 Å². The summed E-state index contributed by atoms with van der Waals surface area (Å²) in [6.45, 7) is 2.59. The van der Waals surface area contributed by atoms with E-state index in [0.717, 1.165) is 55.3 Å². The van der Waals surface area contributed by atoms with Crippen LogP contribution >= 0.6 is 0 Å². The molecule has 0 radical (unpaired) electrons. The van der Waals surface area contributed by atoms with Gasteiger partial charge in [0.25, 0.3) is 0 Å². The number of piperidine rings is 1. The summed E-state index contributed by atoms with van der Waals surface area (Å²) in [5.74, 6) is 2.75. The van der Waals surface area contributed by atoms with Crippen molar-refractivity contribution in [3.8, 4) is 11.3 Å². The van der Waals surface area contributed by atoms with Gasteiger partial charge in [0.2, 0.25) is 0 Å². The van der Waals surface area contributed by atoms with Crippen LogP contribution in [0.3, 0.4) is 0 Å². The molecule has 136 valence electrons. The van der Waals surface area contributed by atoms with Gasteiger partial charge in [-0.3, -0.25) is 4.90 Å². The summed E-state index contributed by atoms with van der Waals surface area (Å²) in [7, 11) is 1.92. The predicted molar refractivity (Wildman–Crippen MR) is 96.1 cm³/mol. The third-order valence-electron chi connectivity index (χ3n) is 5.02. The van der Waals surface area contributed by atoms with Gasteiger partial charge in [0.1, 0.15) is 18.1 Å². The van der Waals surface area contributed by atoms with Crippen molar-refractivity contribution in [3.05, 3.63) is 53.8 Å². The number of aromatic nitrogens is 4. The van der Waals surface area contributed by atoms with Crippen molar-refractivity contribution in [2.75, 3.05) is 13.1 Å². The number of likely N-dealkylation sites (tertiary alicyclic amines) is 1. The normalized spacial score (nSPS) is 18.3. The Hall–Kier alpha value is -2.51. The van der Waals surface area contributed by atoms with Crippen molar-refractivity contribution in [3.63, 3.8) is 0 Å². The number of aliphatic hydroxyl groups excluding tert-OH is 1. The minimum atomic E-state index is -0.0831. The van der Waals surface area contributed by atoms with Gasteiger partial charge in [-0.1, -0.05) is 35.5 Å². The molecular weight excluding hydrogens is 330 g/mol. The smallest absolute Gasteiger partial charge is 0.158 e. The summed E-state index contributed by atoms with van der Waals surface area (Å²) in [5.41, 5.74) is 1.93. The van der Waals surface area contributed by atoms with Gasteiger partial charge in [-0.2, -0.15) is 0 Å². The standard InChI is InChI=1S/C19H23N5O2/c1-23-18(13-25)20-21-19(23)15-8-5-9-24(11-15)12-16-10-17(22-26-16)14-6-3-2-4-7-14/h2-4,6-7,10,15,25H,5,8-9,11-13H2,1H3. The van der Waals surface area contributed by atoms with E-state index in [1.807, 2.05) is 48.0 Å². The van der Waals surface area contributed by atoms with Gasteiger partial charge < -0.3 is 14.2 Å². The van der Waals surface area contributed by atoms with Crippen LogP contribution in [-0.4, -0.2) is 43.0 Å². The summed E-state index contributed by atoms with van der Waals surface area (Å²) < 4.78 is 7.46. The van der Waals surface area contributed by atoms with Crippen LogP contribution in [0.4, 0.5) is 0 Å². The lowest BCUT2D eigenvalue weighted by atomic mass is 9.97. The fourth-order valence-electron chi connectivity index (χ4n) is 3.63. The first kappa shape index (κ1) is 16.9. The second kappa shape index (κ2) is 7.39. The third-order valence-corrected chi connectivity index (χ3v) is 5.02. The molecule has 1 aromatic carbocycles. The molecule has 26 heavy (non-hydrogen) atoms. The molecule has 2 aromatic heterocycles. The Morgan fingerprint density at radius 3 is 2.85 bits per heavy atom. The molecular formula is C19H23N5O2. The van der Waals surface area contributed by atoms with E-state index in [0.29, 0.717) is 11.7 Å². The Balaban J connectivity index is 1.44. The SMILES string of the molecule is Cn1c(CO)nnc1C1CCCN(Cc2cc(-c3ccccc3)no2)C1. The first-order valence-electron chi connectivity index (χ1n) is 8.97. The summed E-state index contributed by atoms with van der Waals surface area (Å²) >= 11 is 0. The average Bonchev–Trinajstić information content (AvgIpc) is 3.29. The van der Waals surface area contributed by atoms with Gasteiger partial charge in [0, 0.05) is 31.1 Å². The zero-order valence-electron chi connectivity index (χ0n) is 14.9. The van der Waals surface area contributed by atoms with Crippen LogP contribution in [-0.2, 0) is 20.2 Å². The summed E-state index contributed by atoms with van der Waals surface area (Å²) in [5, 5.41) is 21.9. The van der Waals surface area contributed by atoms with Crippen molar-refractivity contribution in [2.24, 2.45) is 7.05 Å². The lowest BCUT2D eigenvalue weighted by Gasteiger charge is -2.31. The van der Waals surface area contributed by atoms with Crippen LogP contribution in [0.2, 0.25) is 0 Å². The van der Waals surface area contributed by atoms with Crippen LogP contribution < -0.4 is 0 Å². The van der Waals surface area contributed by atoms with Crippen LogP contribution in [0, 0.1) is 0 Å². The fourth-order valence-corrected chi connectivity index (χ4v) is 3.63. The number of hydrogen-bond acceptors (Lipinski definition) is 6. The Morgan fingerprint density at radius 1 is 1.23 bits per heavy atom. The molecule has 0 bridgehead atoms. The number of benzene rings is 1. The first-order valence-corrected chi connectivity index (χ1v) is 8.97. The lowest BCUT2D eigenvalue weighted by molar-refractivity contribution is 0.176. The number of hydrogen-bond donors (Lipinski definition) is 1. The molecule has 7 nitrogen and oxygen atoms in total. The topological polar surface area (TPSA) is 80.2 Å². The van der Waals surface area contributed by atoms with Gasteiger partial charge in [-0.15, -0.1) is 10.2 Å². The number of aliphatic hydroxyl groups is 1. The summed E-state index contributed by atoms with van der Waals surface area (Å²) in [6, 6.07) is 12.1. The molecule has 0 saturated carbocycles. The molecule has 3 heterocycles. The van der Waals surface area contributed by atoms with Crippen molar-refractivity contribution in [2.45, 2.75) is 31.9 Å². The highest BCUT2D eigenvalue weighted by Gasteiger charge is 2.26. The van der Waals surface area contributed by atoms with Crippen molar-refractivity contribution in [1.29, 1.82) is 0 Å². The predicted octanol–water partition coefficient (Wildman–Crippen LogP) is 2.34. The van der Waals surface area contributed by atoms with E-state index in [9.17, 15) is 5.11 Å². The van der Waals surface area contributed by atoms with E-state index in [2.05, 4.69) is 20.3 Å². The average molecular weight is 353 g/mol. The van der Waals surface area contributed by atoms with E-state index < -0.39 is 0 Å². The minimum Gasteiger partial charge on any atom is -0.388 e. The first-order chi connectivity index (χ1) is 12.7. The molecule has 1 saturated heterocycles. The largest absolute Gasteiger partial charge is 0.388 e. The van der Waals surface area contributed by atoms with Crippen LogP contribution in [0.5, 0.6) is 0 Å². The van der Waals surface area contributed by atoms with Crippen molar-refractivity contribution >= 4 is 0 Å². The molecule has 0 aliphatic carbocycles. The zero-order valence-corrected chi connectivity index (χ0v) is 14.9. The third kappa shape index (κ3) is 3.40. The molecule has 1 fully saturated rings. The molecule has 1 unspecified atom stereocenters. The van der Waals surface area contributed by atoms with Gasteiger partial charge in [0.15, 0.2) is 11.6 Å². The fraction of sp³-hybridized carbons (Fsp3) is 0.421. The molecule has 0 amide bonds. The molecule has 1 atom stereocenters. The van der Waals surface area contributed by atoms with E-state index in [4.69, 9.17) is 4.52 Å². The second-order valence-corrected chi connectivity index (χ2v) is 6.81. The highest BCUT2D eigenvalue weighted by atomic mass is 16.5. The highest BCUT2D eigenvalue weighted by molar-refractivity contribution is 5.58. The molecule has 1 aliphatic rings. The number of nitrogens with zero attached hydrogens (tertiary/aromatic N) is 5. The quantitative estimate of drug-likeness (QED) is 0.758. The molecule has 0 spiro atoms. The van der Waals surface area contributed by atoms with E-state index in [-0.39, 0.29) is 6.61 Å². The van der Waals surface area contributed by atoms with Gasteiger partial charge in [-0.05, 0) is 19.4 Å². The van der Waals surface area contributed by atoms with Crippen LogP contribution in [0.1, 0.15) is 36.2 Å². The highest BCUT2D eigenvalue weighted by Crippen LogP contribution is 2.27. The summed E-state index contributed by atoms with van der Waals surface area (Å²) in [4.78, 5) is 2.37. The summed E-state index contributed by atoms with van der Waals surface area (Å²) in [6.07, 6.45) is 2.19. The van der Waals surface area contributed by atoms with E-state index >= 15 is 0 Å². The maximum Gasteiger partial charge on any atom is 0.158 e. The lowest BCUT2D eigenvalue weighted by Crippen LogP contribution is -2.34. The van der Waals surface area contributed by atoms with Gasteiger partial charge in [0.05, 0.1) is 6.54 Å². The van der Waals surface area contributed by atoms with E-state index in [1.165, 1.54) is 0 Å². The van der Waals surface area contributed by atoms with Crippen LogP contribution in [0.15, 0.2) is 40.9 Å². The second-order valence-electron chi connectivity index (χ2n) is 6.81. The van der Waals surface area contributed by atoms with Crippen LogP contribution in [0.25, 0.3) is 11.3 Å².